The van der Waals surface area contributed by atoms with Gasteiger partial charge in [-0.25, -0.2) is 4.98 Å². The third kappa shape index (κ3) is 4.64. The largest absolute Gasteiger partial charge is 0.444 e. The Balaban J connectivity index is 1.44. The highest BCUT2D eigenvalue weighted by Crippen LogP contribution is 2.17. The summed E-state index contributed by atoms with van der Waals surface area (Å²) in [5.74, 6) is 0.507. The van der Waals surface area contributed by atoms with E-state index in [2.05, 4.69) is 15.2 Å². The molecule has 0 spiro atoms. The van der Waals surface area contributed by atoms with E-state index in [9.17, 15) is 4.79 Å². The smallest absolute Gasteiger partial charge is 0.226 e. The number of hydrogen-bond donors (Lipinski definition) is 1. The minimum absolute atomic E-state index is 0.0360. The van der Waals surface area contributed by atoms with Crippen molar-refractivity contribution in [3.8, 4) is 11.5 Å². The van der Waals surface area contributed by atoms with Crippen LogP contribution in [0.1, 0.15) is 5.69 Å². The predicted octanol–water partition coefficient (Wildman–Crippen LogP) is 1.33. The summed E-state index contributed by atoms with van der Waals surface area (Å²) < 4.78 is 10.7. The van der Waals surface area contributed by atoms with Crippen molar-refractivity contribution in [2.24, 2.45) is 0 Å². The fraction of sp³-hybridized carbons (Fsp3) is 0.412. The molecule has 1 aliphatic heterocycles. The van der Waals surface area contributed by atoms with Crippen LogP contribution in [0.25, 0.3) is 11.5 Å². The maximum atomic E-state index is 12.0. The zero-order valence-corrected chi connectivity index (χ0v) is 13.0. The van der Waals surface area contributed by atoms with Crippen LogP contribution >= 0.6 is 0 Å². The fourth-order valence-corrected chi connectivity index (χ4v) is 2.51. The maximum absolute atomic E-state index is 12.0. The highest BCUT2D eigenvalue weighted by molar-refractivity contribution is 5.78. The van der Waals surface area contributed by atoms with Gasteiger partial charge in [0.05, 0.1) is 25.3 Å². The molecule has 0 atom stereocenters. The van der Waals surface area contributed by atoms with Crippen LogP contribution < -0.4 is 5.32 Å². The summed E-state index contributed by atoms with van der Waals surface area (Å²) in [7, 11) is 0. The van der Waals surface area contributed by atoms with E-state index in [1.54, 1.807) is 6.26 Å². The minimum Gasteiger partial charge on any atom is -0.444 e. The van der Waals surface area contributed by atoms with E-state index in [1.807, 2.05) is 30.3 Å². The summed E-state index contributed by atoms with van der Waals surface area (Å²) in [6.45, 7) is 4.90. The molecular formula is C17H21N3O3. The Labute approximate surface area is 135 Å². The van der Waals surface area contributed by atoms with Crippen LogP contribution in [-0.2, 0) is 16.0 Å². The normalized spacial score (nSPS) is 15.5. The number of ether oxygens (including phenoxy) is 1. The Morgan fingerprint density at radius 2 is 2.00 bits per heavy atom. The zero-order valence-electron chi connectivity index (χ0n) is 13.0. The highest BCUT2D eigenvalue weighted by Gasteiger charge is 2.12. The molecule has 6 heteroatoms. The quantitative estimate of drug-likeness (QED) is 0.871. The summed E-state index contributed by atoms with van der Waals surface area (Å²) in [5.41, 5.74) is 1.55. The van der Waals surface area contributed by atoms with E-state index in [0.717, 1.165) is 38.4 Å². The number of amides is 1. The molecule has 3 rings (SSSR count). The Morgan fingerprint density at radius 3 is 2.78 bits per heavy atom. The lowest BCUT2D eigenvalue weighted by molar-refractivity contribution is -0.120. The number of carbonyl (C=O) groups is 1. The molecule has 122 valence electrons. The van der Waals surface area contributed by atoms with Crippen molar-refractivity contribution in [1.29, 1.82) is 0 Å². The van der Waals surface area contributed by atoms with Gasteiger partial charge in [0.15, 0.2) is 0 Å². The standard InChI is InChI=1S/C17H21N3O3/c21-16(18-6-7-20-8-10-22-11-9-20)12-15-13-23-17(19-15)14-4-2-1-3-5-14/h1-5,13H,6-12H2,(H,18,21). The number of hydrogen-bond acceptors (Lipinski definition) is 5. The van der Waals surface area contributed by atoms with Crippen LogP contribution in [0.4, 0.5) is 0 Å². The molecule has 1 N–H and O–H groups in total. The Morgan fingerprint density at radius 1 is 1.22 bits per heavy atom. The second-order valence-corrected chi connectivity index (χ2v) is 5.49. The molecule has 1 aliphatic rings. The molecule has 1 aromatic heterocycles. The fourth-order valence-electron chi connectivity index (χ4n) is 2.51. The molecule has 2 aromatic rings. The van der Waals surface area contributed by atoms with Crippen molar-refractivity contribution in [2.45, 2.75) is 6.42 Å². The summed E-state index contributed by atoms with van der Waals surface area (Å²) in [6, 6.07) is 9.65. The lowest BCUT2D eigenvalue weighted by atomic mass is 10.2. The molecule has 1 fully saturated rings. The number of oxazole rings is 1. The van der Waals surface area contributed by atoms with Gasteiger partial charge in [0.25, 0.3) is 0 Å². The second kappa shape index (κ2) is 7.89. The number of morpholine rings is 1. The third-order valence-corrected chi connectivity index (χ3v) is 3.77. The van der Waals surface area contributed by atoms with Gasteiger partial charge in [-0.2, -0.15) is 0 Å². The molecule has 23 heavy (non-hydrogen) atoms. The average Bonchev–Trinajstić information content (AvgIpc) is 3.05. The van der Waals surface area contributed by atoms with Crippen LogP contribution in [0.5, 0.6) is 0 Å². The van der Waals surface area contributed by atoms with Crippen LogP contribution in [0.15, 0.2) is 41.0 Å². The maximum Gasteiger partial charge on any atom is 0.226 e. The topological polar surface area (TPSA) is 67.6 Å². The molecule has 6 nitrogen and oxygen atoms in total. The summed E-state index contributed by atoms with van der Waals surface area (Å²) in [4.78, 5) is 18.6. The van der Waals surface area contributed by atoms with Gasteiger partial charge in [-0.15, -0.1) is 0 Å². The van der Waals surface area contributed by atoms with Crippen LogP contribution in [0.3, 0.4) is 0 Å². The van der Waals surface area contributed by atoms with Crippen molar-refractivity contribution in [3.63, 3.8) is 0 Å². The number of benzene rings is 1. The zero-order chi connectivity index (χ0) is 15.9. The number of aromatic nitrogens is 1. The van der Waals surface area contributed by atoms with E-state index in [-0.39, 0.29) is 12.3 Å². The van der Waals surface area contributed by atoms with Crippen molar-refractivity contribution >= 4 is 5.91 Å². The first-order chi connectivity index (χ1) is 11.3. The van der Waals surface area contributed by atoms with Gasteiger partial charge in [-0.3, -0.25) is 9.69 Å². The van der Waals surface area contributed by atoms with Crippen molar-refractivity contribution < 1.29 is 13.9 Å². The molecule has 0 saturated carbocycles. The first kappa shape index (κ1) is 15.7. The van der Waals surface area contributed by atoms with Crippen LogP contribution in [0.2, 0.25) is 0 Å². The van der Waals surface area contributed by atoms with E-state index >= 15 is 0 Å². The molecule has 0 aliphatic carbocycles. The second-order valence-electron chi connectivity index (χ2n) is 5.49. The molecule has 1 aromatic carbocycles. The minimum atomic E-state index is -0.0360. The molecule has 0 bridgehead atoms. The molecule has 0 unspecified atom stereocenters. The van der Waals surface area contributed by atoms with Gasteiger partial charge < -0.3 is 14.5 Å². The molecule has 2 heterocycles. The number of nitrogens with one attached hydrogen (secondary N) is 1. The van der Waals surface area contributed by atoms with E-state index in [4.69, 9.17) is 9.15 Å². The number of rotatable bonds is 6. The van der Waals surface area contributed by atoms with Gasteiger partial charge in [-0.05, 0) is 12.1 Å². The highest BCUT2D eigenvalue weighted by atomic mass is 16.5. The van der Waals surface area contributed by atoms with Gasteiger partial charge in [-0.1, -0.05) is 18.2 Å². The van der Waals surface area contributed by atoms with Gasteiger partial charge in [0.1, 0.15) is 6.26 Å². The first-order valence-corrected chi connectivity index (χ1v) is 7.88. The number of nitrogens with zero attached hydrogens (tertiary/aromatic N) is 2. The van der Waals surface area contributed by atoms with Gasteiger partial charge in [0.2, 0.25) is 11.8 Å². The Kier molecular flexibility index (Phi) is 5.39. The van der Waals surface area contributed by atoms with Crippen molar-refractivity contribution in [2.75, 3.05) is 39.4 Å². The summed E-state index contributed by atoms with van der Waals surface area (Å²) >= 11 is 0. The summed E-state index contributed by atoms with van der Waals surface area (Å²) in [6.07, 6.45) is 1.78. The Bertz CT molecular complexity index is 621. The van der Waals surface area contributed by atoms with Crippen LogP contribution in [-0.4, -0.2) is 55.2 Å². The average molecular weight is 315 g/mol. The van der Waals surface area contributed by atoms with Crippen LogP contribution in [0, 0.1) is 0 Å². The monoisotopic (exact) mass is 315 g/mol. The SMILES string of the molecule is O=C(Cc1coc(-c2ccccc2)n1)NCCN1CCOCC1. The molecular weight excluding hydrogens is 294 g/mol. The molecule has 1 saturated heterocycles. The number of carbonyl (C=O) groups excluding carboxylic acids is 1. The lowest BCUT2D eigenvalue weighted by Gasteiger charge is -2.26. The third-order valence-electron chi connectivity index (χ3n) is 3.77. The first-order valence-electron chi connectivity index (χ1n) is 7.88. The van der Waals surface area contributed by atoms with E-state index < -0.39 is 0 Å². The Hall–Kier alpha value is -2.18. The van der Waals surface area contributed by atoms with Gasteiger partial charge >= 0.3 is 0 Å². The molecule has 0 radical (unpaired) electrons. The van der Waals surface area contributed by atoms with Crippen molar-refractivity contribution in [3.05, 3.63) is 42.3 Å². The van der Waals surface area contributed by atoms with Crippen molar-refractivity contribution in [1.82, 2.24) is 15.2 Å². The lowest BCUT2D eigenvalue weighted by Crippen LogP contribution is -2.41. The van der Waals surface area contributed by atoms with E-state index in [1.165, 1.54) is 0 Å². The predicted molar refractivity (Wildman–Crippen MR) is 85.9 cm³/mol. The molecule has 1 amide bonds. The van der Waals surface area contributed by atoms with Gasteiger partial charge in [0, 0.05) is 31.7 Å². The summed E-state index contributed by atoms with van der Waals surface area (Å²) in [5, 5.41) is 2.92. The van der Waals surface area contributed by atoms with E-state index in [0.29, 0.717) is 18.1 Å².